The summed E-state index contributed by atoms with van der Waals surface area (Å²) in [5.41, 5.74) is 13.3. The summed E-state index contributed by atoms with van der Waals surface area (Å²) in [6.07, 6.45) is 1.92. The average molecular weight is 480 g/mol. The SMILES string of the molecule is CCc1nc2cccc(-c3cccc(F)c3)c2c(=O)n1-c1ccccc1.N#Cc1cnc(N)nc1N. The number of nitriles is 1. The van der Waals surface area contributed by atoms with Gasteiger partial charge in [0.15, 0.2) is 0 Å². The molecule has 178 valence electrons. The summed E-state index contributed by atoms with van der Waals surface area (Å²) in [6.45, 7) is 1.98. The van der Waals surface area contributed by atoms with Crippen molar-refractivity contribution in [3.05, 3.63) is 107 Å². The van der Waals surface area contributed by atoms with Crippen LogP contribution in [0.3, 0.4) is 0 Å². The van der Waals surface area contributed by atoms with Crippen LogP contribution in [-0.2, 0) is 6.42 Å². The van der Waals surface area contributed by atoms with Crippen LogP contribution in [0.4, 0.5) is 16.2 Å². The smallest absolute Gasteiger partial charge is 0.266 e. The normalized spacial score (nSPS) is 10.4. The van der Waals surface area contributed by atoms with E-state index in [4.69, 9.17) is 21.7 Å². The molecule has 2 heterocycles. The first-order valence-electron chi connectivity index (χ1n) is 11.1. The van der Waals surface area contributed by atoms with Crippen molar-refractivity contribution in [1.29, 1.82) is 5.26 Å². The van der Waals surface area contributed by atoms with E-state index in [-0.39, 0.29) is 28.7 Å². The third-order valence-electron chi connectivity index (χ3n) is 5.39. The molecule has 0 atom stereocenters. The van der Waals surface area contributed by atoms with Crippen LogP contribution in [0.25, 0.3) is 27.7 Å². The fraction of sp³-hybridized carbons (Fsp3) is 0.0741. The average Bonchev–Trinajstić information content (AvgIpc) is 2.89. The van der Waals surface area contributed by atoms with Gasteiger partial charge < -0.3 is 11.5 Å². The maximum Gasteiger partial charge on any atom is 0.266 e. The van der Waals surface area contributed by atoms with E-state index in [1.54, 1.807) is 16.7 Å². The zero-order chi connectivity index (χ0) is 25.7. The van der Waals surface area contributed by atoms with E-state index >= 15 is 0 Å². The molecule has 0 aliphatic heterocycles. The highest BCUT2D eigenvalue weighted by atomic mass is 19.1. The lowest BCUT2D eigenvalue weighted by Gasteiger charge is -2.14. The highest BCUT2D eigenvalue weighted by molar-refractivity contribution is 5.94. The minimum absolute atomic E-state index is 0.0801. The summed E-state index contributed by atoms with van der Waals surface area (Å²) in [5, 5.41) is 8.86. The molecular weight excluding hydrogens is 457 g/mol. The third kappa shape index (κ3) is 4.88. The van der Waals surface area contributed by atoms with Gasteiger partial charge in [-0.2, -0.15) is 10.2 Å². The number of benzene rings is 3. The van der Waals surface area contributed by atoms with E-state index in [9.17, 15) is 9.18 Å². The molecule has 5 rings (SSSR count). The number of para-hydroxylation sites is 1. The lowest BCUT2D eigenvalue weighted by atomic mass is 10.0. The fourth-order valence-electron chi connectivity index (χ4n) is 3.75. The molecule has 0 bridgehead atoms. The van der Waals surface area contributed by atoms with Crippen molar-refractivity contribution in [1.82, 2.24) is 19.5 Å². The summed E-state index contributed by atoms with van der Waals surface area (Å²) < 4.78 is 15.4. The van der Waals surface area contributed by atoms with E-state index in [2.05, 4.69) is 9.97 Å². The van der Waals surface area contributed by atoms with Gasteiger partial charge in [-0.15, -0.1) is 0 Å². The number of aromatic nitrogens is 4. The number of anilines is 2. The molecule has 2 aromatic heterocycles. The Morgan fingerprint density at radius 1 is 1.00 bits per heavy atom. The van der Waals surface area contributed by atoms with Crippen LogP contribution in [-0.4, -0.2) is 19.5 Å². The number of rotatable bonds is 3. The van der Waals surface area contributed by atoms with Gasteiger partial charge in [-0.25, -0.2) is 14.4 Å². The zero-order valence-corrected chi connectivity index (χ0v) is 19.4. The van der Waals surface area contributed by atoms with Crippen LogP contribution in [0.5, 0.6) is 0 Å². The Hall–Kier alpha value is -5.10. The molecule has 9 heteroatoms. The lowest BCUT2D eigenvalue weighted by molar-refractivity contribution is 0.628. The van der Waals surface area contributed by atoms with Gasteiger partial charge in [0.2, 0.25) is 5.95 Å². The Bertz CT molecular complexity index is 1640. The number of nitrogen functional groups attached to an aromatic ring is 2. The van der Waals surface area contributed by atoms with Gasteiger partial charge in [-0.1, -0.05) is 49.4 Å². The molecule has 0 unspecified atom stereocenters. The Labute approximate surface area is 206 Å². The maximum atomic E-state index is 13.7. The van der Waals surface area contributed by atoms with Gasteiger partial charge in [0, 0.05) is 6.42 Å². The quantitative estimate of drug-likeness (QED) is 0.394. The van der Waals surface area contributed by atoms with E-state index in [1.165, 1.54) is 18.3 Å². The molecule has 0 saturated carbocycles. The second-order valence-corrected chi connectivity index (χ2v) is 7.71. The second-order valence-electron chi connectivity index (χ2n) is 7.71. The molecule has 0 spiro atoms. The summed E-state index contributed by atoms with van der Waals surface area (Å²) >= 11 is 0. The number of halogens is 1. The van der Waals surface area contributed by atoms with Gasteiger partial charge in [-0.05, 0) is 41.5 Å². The molecule has 0 radical (unpaired) electrons. The molecule has 4 N–H and O–H groups in total. The molecule has 0 fully saturated rings. The van der Waals surface area contributed by atoms with Crippen LogP contribution in [0, 0.1) is 17.1 Å². The molecule has 0 saturated heterocycles. The molecular formula is C27H22FN7O. The van der Waals surface area contributed by atoms with E-state index < -0.39 is 0 Å². The van der Waals surface area contributed by atoms with Crippen molar-refractivity contribution in [3.63, 3.8) is 0 Å². The van der Waals surface area contributed by atoms with Crippen molar-refractivity contribution in [2.24, 2.45) is 0 Å². The Morgan fingerprint density at radius 3 is 2.42 bits per heavy atom. The van der Waals surface area contributed by atoms with Crippen LogP contribution < -0.4 is 17.0 Å². The van der Waals surface area contributed by atoms with Crippen LogP contribution in [0.15, 0.2) is 83.8 Å². The number of nitrogens with two attached hydrogens (primary N) is 2. The maximum absolute atomic E-state index is 13.7. The lowest BCUT2D eigenvalue weighted by Crippen LogP contribution is -2.24. The Morgan fingerprint density at radius 2 is 1.75 bits per heavy atom. The minimum Gasteiger partial charge on any atom is -0.382 e. The van der Waals surface area contributed by atoms with Crippen LogP contribution in [0.1, 0.15) is 18.3 Å². The minimum atomic E-state index is -0.332. The van der Waals surface area contributed by atoms with E-state index in [0.717, 1.165) is 5.69 Å². The first kappa shape index (κ1) is 24.0. The van der Waals surface area contributed by atoms with Crippen LogP contribution in [0.2, 0.25) is 0 Å². The highest BCUT2D eigenvalue weighted by Gasteiger charge is 2.15. The number of hydrogen-bond donors (Lipinski definition) is 2. The molecule has 0 aliphatic carbocycles. The second kappa shape index (κ2) is 10.4. The van der Waals surface area contributed by atoms with E-state index in [0.29, 0.717) is 34.3 Å². The number of nitrogens with zero attached hydrogens (tertiary/aromatic N) is 5. The van der Waals surface area contributed by atoms with Gasteiger partial charge in [0.1, 0.15) is 29.1 Å². The van der Waals surface area contributed by atoms with Gasteiger partial charge in [0.25, 0.3) is 5.56 Å². The van der Waals surface area contributed by atoms with Gasteiger partial charge in [-0.3, -0.25) is 9.36 Å². The molecule has 36 heavy (non-hydrogen) atoms. The summed E-state index contributed by atoms with van der Waals surface area (Å²) in [5.74, 6) is 0.567. The van der Waals surface area contributed by atoms with Crippen molar-refractivity contribution < 1.29 is 4.39 Å². The van der Waals surface area contributed by atoms with Crippen LogP contribution >= 0.6 is 0 Å². The predicted octanol–water partition coefficient (Wildman–Crippen LogP) is 4.27. The Balaban J connectivity index is 0.000000256. The molecule has 5 aromatic rings. The summed E-state index contributed by atoms with van der Waals surface area (Å²) in [4.78, 5) is 25.3. The fourth-order valence-corrected chi connectivity index (χ4v) is 3.75. The zero-order valence-electron chi connectivity index (χ0n) is 19.4. The van der Waals surface area contributed by atoms with Gasteiger partial charge >= 0.3 is 0 Å². The van der Waals surface area contributed by atoms with Gasteiger partial charge in [0.05, 0.1) is 22.8 Å². The molecule has 0 aliphatic rings. The Kier molecular flexibility index (Phi) is 6.97. The highest BCUT2D eigenvalue weighted by Crippen LogP contribution is 2.27. The topological polar surface area (TPSA) is 136 Å². The molecule has 0 amide bonds. The molecule has 8 nitrogen and oxygen atoms in total. The molecule has 3 aromatic carbocycles. The monoisotopic (exact) mass is 479 g/mol. The largest absolute Gasteiger partial charge is 0.382 e. The van der Waals surface area contributed by atoms with Crippen molar-refractivity contribution >= 4 is 22.7 Å². The number of aryl methyl sites for hydroxylation is 1. The van der Waals surface area contributed by atoms with Crippen molar-refractivity contribution in [2.75, 3.05) is 11.5 Å². The van der Waals surface area contributed by atoms with Crippen molar-refractivity contribution in [3.8, 4) is 22.9 Å². The number of fused-ring (bicyclic) bond motifs is 1. The summed E-state index contributed by atoms with van der Waals surface area (Å²) in [7, 11) is 0. The van der Waals surface area contributed by atoms with E-state index in [1.807, 2.05) is 61.5 Å². The predicted molar refractivity (Wildman–Crippen MR) is 138 cm³/mol. The summed E-state index contributed by atoms with van der Waals surface area (Å²) in [6, 6.07) is 23.1. The first-order chi connectivity index (χ1) is 17.4. The first-order valence-corrected chi connectivity index (χ1v) is 11.1. The third-order valence-corrected chi connectivity index (χ3v) is 5.39. The number of hydrogen-bond acceptors (Lipinski definition) is 7. The van der Waals surface area contributed by atoms with Crippen molar-refractivity contribution in [2.45, 2.75) is 13.3 Å². The standard InChI is InChI=1S/C22H17FN2O.C5H5N5/c1-2-20-24-19-13-7-12-18(15-8-6-9-16(23)14-15)21(19)22(26)25(20)17-10-4-3-5-11-17;6-1-3-2-9-5(8)10-4(3)7/h3-14H,2H2,1H3;2H,(H4,7,8,9,10).